The molecule has 2 aliphatic rings. The molecule has 1 saturated carbocycles. The number of hydrogen-bond acceptors (Lipinski definition) is 8. The van der Waals surface area contributed by atoms with Crippen molar-refractivity contribution in [1.29, 1.82) is 0 Å². The summed E-state index contributed by atoms with van der Waals surface area (Å²) in [5.74, 6) is 2.13. The van der Waals surface area contributed by atoms with E-state index in [1.807, 2.05) is 12.3 Å². The monoisotopic (exact) mass is 436 g/mol. The van der Waals surface area contributed by atoms with Crippen molar-refractivity contribution in [2.75, 3.05) is 23.3 Å². The zero-order valence-electron chi connectivity index (χ0n) is 17.9. The van der Waals surface area contributed by atoms with Gasteiger partial charge in [-0.05, 0) is 50.7 Å². The summed E-state index contributed by atoms with van der Waals surface area (Å²) in [6.07, 6.45) is 12.1. The molecule has 1 aliphatic heterocycles. The van der Waals surface area contributed by atoms with Crippen LogP contribution in [0.4, 0.5) is 11.6 Å². The second kappa shape index (κ2) is 9.07. The normalized spacial score (nSPS) is 23.4. The van der Waals surface area contributed by atoms with E-state index < -0.39 is 6.10 Å². The number of hydrogen-bond donors (Lipinski definition) is 2. The number of piperidine rings is 1. The highest BCUT2D eigenvalue weighted by Gasteiger charge is 2.30. The summed E-state index contributed by atoms with van der Waals surface area (Å²) < 4.78 is 3.17. The van der Waals surface area contributed by atoms with Crippen LogP contribution in [0.5, 0.6) is 0 Å². The Morgan fingerprint density at radius 2 is 2.03 bits per heavy atom. The van der Waals surface area contributed by atoms with Crippen LogP contribution in [0.15, 0.2) is 47.8 Å². The number of rotatable bonds is 6. The van der Waals surface area contributed by atoms with Gasteiger partial charge in [0.15, 0.2) is 5.82 Å². The molecule has 0 bridgehead atoms. The molecule has 0 aromatic carbocycles. The van der Waals surface area contributed by atoms with Crippen LogP contribution in [0.25, 0.3) is 5.82 Å². The van der Waals surface area contributed by atoms with Crippen molar-refractivity contribution in [3.05, 3.63) is 53.3 Å². The van der Waals surface area contributed by atoms with Gasteiger partial charge in [0.1, 0.15) is 11.6 Å². The summed E-state index contributed by atoms with van der Waals surface area (Å²) in [5.41, 5.74) is -0.155. The first-order valence-electron chi connectivity index (χ1n) is 11.3. The quantitative estimate of drug-likeness (QED) is 0.601. The van der Waals surface area contributed by atoms with Crippen LogP contribution >= 0.6 is 0 Å². The number of anilines is 2. The lowest BCUT2D eigenvalue weighted by Gasteiger charge is -2.37. The van der Waals surface area contributed by atoms with Gasteiger partial charge in [-0.25, -0.2) is 14.3 Å². The molecule has 10 heteroatoms. The molecule has 1 aliphatic carbocycles. The summed E-state index contributed by atoms with van der Waals surface area (Å²) >= 11 is 0. The second-order valence-corrected chi connectivity index (χ2v) is 8.48. The third kappa shape index (κ3) is 4.22. The molecule has 2 N–H and O–H groups in total. The Morgan fingerprint density at radius 3 is 2.84 bits per heavy atom. The lowest BCUT2D eigenvalue weighted by atomic mass is 10.0. The molecular weight excluding hydrogens is 408 g/mol. The Morgan fingerprint density at radius 1 is 1.09 bits per heavy atom. The third-order valence-corrected chi connectivity index (χ3v) is 6.37. The first-order valence-corrected chi connectivity index (χ1v) is 11.3. The van der Waals surface area contributed by atoms with E-state index in [1.165, 1.54) is 4.68 Å². The largest absolute Gasteiger partial charge is 0.391 e. The van der Waals surface area contributed by atoms with Crippen molar-refractivity contribution in [2.45, 2.75) is 56.7 Å². The van der Waals surface area contributed by atoms with E-state index >= 15 is 0 Å². The predicted molar refractivity (Wildman–Crippen MR) is 120 cm³/mol. The summed E-state index contributed by atoms with van der Waals surface area (Å²) in [4.78, 5) is 23.6. The van der Waals surface area contributed by atoms with Gasteiger partial charge in [0, 0.05) is 37.6 Å². The highest BCUT2D eigenvalue weighted by Crippen LogP contribution is 2.29. The Labute approximate surface area is 185 Å². The number of nitrogens with one attached hydrogen (secondary N) is 1. The van der Waals surface area contributed by atoms with Gasteiger partial charge in [0.05, 0.1) is 24.5 Å². The van der Waals surface area contributed by atoms with Gasteiger partial charge in [0.2, 0.25) is 0 Å². The van der Waals surface area contributed by atoms with Crippen molar-refractivity contribution < 1.29 is 5.11 Å². The van der Waals surface area contributed by atoms with Gasteiger partial charge in [0.25, 0.3) is 5.56 Å². The topological polar surface area (TPSA) is 114 Å². The van der Waals surface area contributed by atoms with Crippen LogP contribution in [0.2, 0.25) is 0 Å². The smallest absolute Gasteiger partial charge is 0.267 e. The van der Waals surface area contributed by atoms with Crippen LogP contribution in [0.1, 0.15) is 44.6 Å². The molecule has 32 heavy (non-hydrogen) atoms. The molecule has 0 spiro atoms. The highest BCUT2D eigenvalue weighted by molar-refractivity contribution is 5.41. The third-order valence-electron chi connectivity index (χ3n) is 6.37. The summed E-state index contributed by atoms with van der Waals surface area (Å²) in [6, 6.07) is 5.20. The molecule has 168 valence electrons. The fourth-order valence-electron chi connectivity index (χ4n) is 4.70. The van der Waals surface area contributed by atoms with Gasteiger partial charge >= 0.3 is 0 Å². The van der Waals surface area contributed by atoms with Gasteiger partial charge in [-0.15, -0.1) is 0 Å². The number of aliphatic hydroxyl groups is 1. The van der Waals surface area contributed by atoms with Gasteiger partial charge in [-0.1, -0.05) is 0 Å². The van der Waals surface area contributed by atoms with E-state index in [0.717, 1.165) is 50.9 Å². The minimum absolute atomic E-state index is 0.155. The summed E-state index contributed by atoms with van der Waals surface area (Å²) in [5, 5.41) is 22.6. The standard InChI is InChI=1S/C22H28N8O2/c31-18-7-3-6-17(18)30-22(32)9-8-20(27-30)28-11-2-1-5-16(28)13-24-19-14-23-15-21(26-19)29-12-4-10-25-29/h4,8-10,12,14-18,31H,1-3,5-7,11,13H2,(H,24,26). The van der Waals surface area contributed by atoms with E-state index in [1.54, 1.807) is 35.4 Å². The first kappa shape index (κ1) is 20.6. The molecule has 2 fully saturated rings. The number of nitrogens with zero attached hydrogens (tertiary/aromatic N) is 7. The van der Waals surface area contributed by atoms with Crippen molar-refractivity contribution in [1.82, 2.24) is 29.5 Å². The van der Waals surface area contributed by atoms with Gasteiger partial charge in [-0.3, -0.25) is 9.78 Å². The van der Waals surface area contributed by atoms with E-state index in [4.69, 9.17) is 0 Å². The molecule has 0 radical (unpaired) electrons. The zero-order chi connectivity index (χ0) is 21.9. The van der Waals surface area contributed by atoms with Gasteiger partial charge < -0.3 is 15.3 Å². The molecule has 1 saturated heterocycles. The maximum Gasteiger partial charge on any atom is 0.267 e. The maximum atomic E-state index is 12.4. The Hall–Kier alpha value is -3.27. The van der Waals surface area contributed by atoms with E-state index in [2.05, 4.69) is 30.4 Å². The van der Waals surface area contributed by atoms with Gasteiger partial charge in [-0.2, -0.15) is 10.2 Å². The van der Waals surface area contributed by atoms with Crippen molar-refractivity contribution in [2.24, 2.45) is 0 Å². The molecule has 3 aromatic heterocycles. The van der Waals surface area contributed by atoms with Crippen molar-refractivity contribution in [3.8, 4) is 5.82 Å². The van der Waals surface area contributed by atoms with E-state index in [-0.39, 0.29) is 17.6 Å². The molecule has 3 aromatic rings. The summed E-state index contributed by atoms with van der Waals surface area (Å²) in [6.45, 7) is 1.56. The molecule has 10 nitrogen and oxygen atoms in total. The minimum atomic E-state index is -0.505. The molecular formula is C22H28N8O2. The molecule has 5 rings (SSSR count). The molecule has 4 heterocycles. The SMILES string of the molecule is O=c1ccc(N2CCCCC2CNc2cncc(-n3cccn3)n2)nn1C1CCCC1O. The molecule has 3 unspecified atom stereocenters. The average molecular weight is 437 g/mol. The maximum absolute atomic E-state index is 12.4. The van der Waals surface area contributed by atoms with Crippen LogP contribution in [0.3, 0.4) is 0 Å². The lowest BCUT2D eigenvalue weighted by Crippen LogP contribution is -2.45. The van der Waals surface area contributed by atoms with E-state index in [0.29, 0.717) is 18.2 Å². The highest BCUT2D eigenvalue weighted by atomic mass is 16.3. The Kier molecular flexibility index (Phi) is 5.85. The zero-order valence-corrected chi connectivity index (χ0v) is 17.9. The van der Waals surface area contributed by atoms with Crippen LogP contribution in [0, 0.1) is 0 Å². The fraction of sp³-hybridized carbons (Fsp3) is 0.500. The van der Waals surface area contributed by atoms with Crippen molar-refractivity contribution in [3.63, 3.8) is 0 Å². The Bertz CT molecular complexity index is 1100. The first-order chi connectivity index (χ1) is 15.7. The molecule has 0 amide bonds. The second-order valence-electron chi connectivity index (χ2n) is 8.48. The predicted octanol–water partition coefficient (Wildman–Crippen LogP) is 1.78. The van der Waals surface area contributed by atoms with Crippen LogP contribution in [-0.2, 0) is 0 Å². The number of aromatic nitrogens is 6. The van der Waals surface area contributed by atoms with Crippen LogP contribution in [-0.4, -0.2) is 59.9 Å². The van der Waals surface area contributed by atoms with Crippen molar-refractivity contribution >= 4 is 11.6 Å². The lowest BCUT2D eigenvalue weighted by molar-refractivity contribution is 0.127. The Balaban J connectivity index is 1.33. The van der Waals surface area contributed by atoms with E-state index in [9.17, 15) is 9.90 Å². The molecule has 3 atom stereocenters. The minimum Gasteiger partial charge on any atom is -0.391 e. The van der Waals surface area contributed by atoms with Crippen LogP contribution < -0.4 is 15.8 Å². The average Bonchev–Trinajstić information content (AvgIpc) is 3.51. The summed E-state index contributed by atoms with van der Waals surface area (Å²) in [7, 11) is 0. The fourth-order valence-corrected chi connectivity index (χ4v) is 4.70. The number of aliphatic hydroxyl groups excluding tert-OH is 1.